The first-order chi connectivity index (χ1) is 7.20. The summed E-state index contributed by atoms with van der Waals surface area (Å²) >= 11 is 1.64. The summed E-state index contributed by atoms with van der Waals surface area (Å²) < 4.78 is 1.86. The van der Waals surface area contributed by atoms with E-state index < -0.39 is 0 Å². The molecule has 0 N–H and O–H groups in total. The van der Waals surface area contributed by atoms with Gasteiger partial charge in [-0.25, -0.2) is 9.50 Å². The molecule has 0 aliphatic carbocycles. The average molecular weight is 224 g/mol. The highest BCUT2D eigenvalue weighted by Gasteiger charge is 2.09. The molecule has 0 fully saturated rings. The molecular formula is C10H16N4S. The highest BCUT2D eigenvalue weighted by atomic mass is 32.1. The smallest absolute Gasteiger partial charge is 0.214 e. The van der Waals surface area contributed by atoms with Crippen molar-refractivity contribution in [3.63, 3.8) is 0 Å². The first-order valence-electron chi connectivity index (χ1n) is 5.24. The van der Waals surface area contributed by atoms with Crippen LogP contribution in [0.4, 0.5) is 5.13 Å². The Hall–Kier alpha value is -1.10. The molecule has 15 heavy (non-hydrogen) atoms. The average Bonchev–Trinajstić information content (AvgIpc) is 2.70. The Morgan fingerprint density at radius 2 is 2.33 bits per heavy atom. The van der Waals surface area contributed by atoms with Crippen LogP contribution in [-0.4, -0.2) is 28.2 Å². The Morgan fingerprint density at radius 1 is 1.53 bits per heavy atom. The van der Waals surface area contributed by atoms with Crippen molar-refractivity contribution in [2.24, 2.45) is 0 Å². The number of hydrogen-bond acceptors (Lipinski definition) is 4. The number of unbranched alkanes of at least 4 members (excludes halogenated alkanes) is 1. The highest BCUT2D eigenvalue weighted by molar-refractivity contribution is 7.20. The van der Waals surface area contributed by atoms with Crippen molar-refractivity contribution in [1.29, 1.82) is 0 Å². The van der Waals surface area contributed by atoms with Gasteiger partial charge in [0.25, 0.3) is 0 Å². The Kier molecular flexibility index (Phi) is 2.90. The van der Waals surface area contributed by atoms with E-state index in [-0.39, 0.29) is 0 Å². The number of hydrogen-bond donors (Lipinski definition) is 0. The Labute approximate surface area is 93.5 Å². The SMILES string of the molecule is CCCCN(C)c1nn2cc(C)nc2s1. The van der Waals surface area contributed by atoms with Crippen molar-refractivity contribution in [3.8, 4) is 0 Å². The van der Waals surface area contributed by atoms with Crippen LogP contribution in [0, 0.1) is 6.92 Å². The fraction of sp³-hybridized carbons (Fsp3) is 0.600. The van der Waals surface area contributed by atoms with Crippen molar-refractivity contribution >= 4 is 21.4 Å². The van der Waals surface area contributed by atoms with Crippen molar-refractivity contribution in [3.05, 3.63) is 11.9 Å². The van der Waals surface area contributed by atoms with Crippen LogP contribution in [-0.2, 0) is 0 Å². The maximum Gasteiger partial charge on any atom is 0.214 e. The van der Waals surface area contributed by atoms with Gasteiger partial charge in [-0.15, -0.1) is 5.10 Å². The minimum atomic E-state index is 0.978. The van der Waals surface area contributed by atoms with Crippen molar-refractivity contribution in [1.82, 2.24) is 14.6 Å². The predicted octanol–water partition coefficient (Wildman–Crippen LogP) is 2.34. The second-order valence-corrected chi connectivity index (χ2v) is 4.70. The molecule has 0 aliphatic heterocycles. The summed E-state index contributed by atoms with van der Waals surface area (Å²) in [5.41, 5.74) is 1.02. The molecule has 4 nitrogen and oxygen atoms in total. The maximum atomic E-state index is 4.48. The number of anilines is 1. The predicted molar refractivity (Wildman–Crippen MR) is 63.8 cm³/mol. The minimum absolute atomic E-state index is 0.978. The Balaban J connectivity index is 2.17. The van der Waals surface area contributed by atoms with Crippen LogP contribution >= 0.6 is 11.3 Å². The van der Waals surface area contributed by atoms with Gasteiger partial charge in [0.1, 0.15) is 0 Å². The molecular weight excluding hydrogens is 208 g/mol. The van der Waals surface area contributed by atoms with E-state index in [1.54, 1.807) is 11.3 Å². The summed E-state index contributed by atoms with van der Waals surface area (Å²) in [5.74, 6) is 0. The molecule has 2 heterocycles. The van der Waals surface area contributed by atoms with Gasteiger partial charge in [-0.05, 0) is 13.3 Å². The highest BCUT2D eigenvalue weighted by Crippen LogP contribution is 2.22. The number of rotatable bonds is 4. The monoisotopic (exact) mass is 224 g/mol. The Bertz CT molecular complexity index is 414. The molecule has 0 spiro atoms. The van der Waals surface area contributed by atoms with Crippen LogP contribution in [0.5, 0.6) is 0 Å². The van der Waals surface area contributed by atoms with E-state index in [9.17, 15) is 0 Å². The minimum Gasteiger partial charge on any atom is -0.350 e. The molecule has 0 saturated heterocycles. The first kappa shape index (κ1) is 10.4. The first-order valence-corrected chi connectivity index (χ1v) is 6.06. The number of imidazole rings is 1. The standard InChI is InChI=1S/C10H16N4S/c1-4-5-6-13(3)10-12-14-7-8(2)11-9(14)15-10/h7H,4-6H2,1-3H3. The molecule has 2 aromatic rings. The number of fused-ring (bicyclic) bond motifs is 1. The lowest BCUT2D eigenvalue weighted by Crippen LogP contribution is -2.18. The number of aromatic nitrogens is 3. The zero-order valence-electron chi connectivity index (χ0n) is 9.40. The number of nitrogens with zero attached hydrogens (tertiary/aromatic N) is 4. The van der Waals surface area contributed by atoms with Gasteiger partial charge in [-0.3, -0.25) is 0 Å². The summed E-state index contributed by atoms with van der Waals surface area (Å²) in [7, 11) is 2.08. The van der Waals surface area contributed by atoms with E-state index >= 15 is 0 Å². The number of aryl methyl sites for hydroxylation is 1. The Morgan fingerprint density at radius 3 is 3.00 bits per heavy atom. The van der Waals surface area contributed by atoms with E-state index in [4.69, 9.17) is 0 Å². The summed E-state index contributed by atoms with van der Waals surface area (Å²) in [6.45, 7) is 5.25. The molecule has 0 bridgehead atoms. The third kappa shape index (κ3) is 2.12. The topological polar surface area (TPSA) is 33.4 Å². The molecule has 0 radical (unpaired) electrons. The lowest BCUT2D eigenvalue weighted by Gasteiger charge is -2.13. The van der Waals surface area contributed by atoms with Crippen LogP contribution in [0.3, 0.4) is 0 Å². The largest absolute Gasteiger partial charge is 0.350 e. The zero-order valence-corrected chi connectivity index (χ0v) is 10.2. The lowest BCUT2D eigenvalue weighted by molar-refractivity contribution is 0.757. The third-order valence-corrected chi connectivity index (χ3v) is 3.36. The van der Waals surface area contributed by atoms with Gasteiger partial charge in [0.2, 0.25) is 10.1 Å². The van der Waals surface area contributed by atoms with Crippen LogP contribution in [0.1, 0.15) is 25.5 Å². The van der Waals surface area contributed by atoms with Gasteiger partial charge in [0, 0.05) is 13.6 Å². The summed E-state index contributed by atoms with van der Waals surface area (Å²) in [6, 6.07) is 0. The molecule has 0 unspecified atom stereocenters. The van der Waals surface area contributed by atoms with E-state index in [1.165, 1.54) is 12.8 Å². The zero-order chi connectivity index (χ0) is 10.8. The molecule has 0 saturated carbocycles. The van der Waals surface area contributed by atoms with Crippen LogP contribution in [0.15, 0.2) is 6.20 Å². The van der Waals surface area contributed by atoms with Crippen molar-refractivity contribution < 1.29 is 0 Å². The van der Waals surface area contributed by atoms with Crippen LogP contribution in [0.2, 0.25) is 0 Å². The van der Waals surface area contributed by atoms with Gasteiger partial charge in [0.15, 0.2) is 0 Å². The van der Waals surface area contributed by atoms with Gasteiger partial charge in [-0.1, -0.05) is 24.7 Å². The molecule has 0 amide bonds. The summed E-state index contributed by atoms with van der Waals surface area (Å²) in [6.07, 6.45) is 4.38. The molecule has 82 valence electrons. The van der Waals surface area contributed by atoms with Gasteiger partial charge in [-0.2, -0.15) is 0 Å². The summed E-state index contributed by atoms with van der Waals surface area (Å²) in [5, 5.41) is 5.53. The van der Waals surface area contributed by atoms with Crippen molar-refractivity contribution in [2.45, 2.75) is 26.7 Å². The third-order valence-electron chi connectivity index (χ3n) is 2.33. The van der Waals surface area contributed by atoms with Crippen molar-refractivity contribution in [2.75, 3.05) is 18.5 Å². The normalized spacial score (nSPS) is 11.1. The fourth-order valence-electron chi connectivity index (χ4n) is 1.44. The van der Waals surface area contributed by atoms with E-state index in [1.807, 2.05) is 17.6 Å². The molecule has 2 aromatic heterocycles. The fourth-order valence-corrected chi connectivity index (χ4v) is 2.36. The second kappa shape index (κ2) is 4.18. The second-order valence-electron chi connectivity index (χ2n) is 3.77. The van der Waals surface area contributed by atoms with Gasteiger partial charge in [0.05, 0.1) is 11.9 Å². The molecule has 0 atom stereocenters. The van der Waals surface area contributed by atoms with E-state index in [2.05, 4.69) is 29.0 Å². The lowest BCUT2D eigenvalue weighted by atomic mass is 10.3. The van der Waals surface area contributed by atoms with Gasteiger partial charge >= 0.3 is 0 Å². The van der Waals surface area contributed by atoms with E-state index in [0.29, 0.717) is 0 Å². The van der Waals surface area contributed by atoms with E-state index in [0.717, 1.165) is 22.3 Å². The molecule has 0 aliphatic rings. The molecule has 0 aromatic carbocycles. The molecule has 5 heteroatoms. The quantitative estimate of drug-likeness (QED) is 0.799. The van der Waals surface area contributed by atoms with Gasteiger partial charge < -0.3 is 4.90 Å². The maximum absolute atomic E-state index is 4.48. The van der Waals surface area contributed by atoms with Crippen LogP contribution < -0.4 is 4.90 Å². The molecule has 2 rings (SSSR count). The van der Waals surface area contributed by atoms with Crippen LogP contribution in [0.25, 0.3) is 4.96 Å². The summed E-state index contributed by atoms with van der Waals surface area (Å²) in [4.78, 5) is 7.56.